The van der Waals surface area contributed by atoms with Crippen LogP contribution in [0.5, 0.6) is 5.75 Å². The minimum Gasteiger partial charge on any atom is -0.480 e. The lowest BCUT2D eigenvalue weighted by Crippen LogP contribution is -2.44. The second kappa shape index (κ2) is 5.50. The van der Waals surface area contributed by atoms with Gasteiger partial charge in [0.2, 0.25) is 0 Å². The summed E-state index contributed by atoms with van der Waals surface area (Å²) in [6, 6.07) is 11.4. The molecular weight excluding hydrogens is 286 g/mol. The highest BCUT2D eigenvalue weighted by atomic mass is 32.1. The molecule has 2 aromatic rings. The third kappa shape index (κ3) is 2.94. The van der Waals surface area contributed by atoms with Crippen LogP contribution in [0, 0.1) is 0 Å². The van der Waals surface area contributed by atoms with Gasteiger partial charge in [0.15, 0.2) is 6.10 Å². The van der Waals surface area contributed by atoms with Crippen molar-refractivity contribution >= 4 is 17.2 Å². The smallest absolute Gasteiger partial charge is 0.261 e. The monoisotopic (exact) mass is 303 g/mol. The summed E-state index contributed by atoms with van der Waals surface area (Å²) in [4.78, 5) is 13.0. The fraction of sp³-hybridized carbons (Fsp3) is 0.312. The number of aliphatic hydroxyl groups is 1. The highest BCUT2D eigenvalue weighted by Gasteiger charge is 2.31. The molecule has 0 bridgehead atoms. The fourth-order valence-electron chi connectivity index (χ4n) is 2.37. The van der Waals surface area contributed by atoms with Gasteiger partial charge in [-0.15, -0.1) is 11.3 Å². The Labute approximate surface area is 127 Å². The van der Waals surface area contributed by atoms with E-state index in [1.54, 1.807) is 6.92 Å². The van der Waals surface area contributed by atoms with Crippen LogP contribution in [0.2, 0.25) is 0 Å². The van der Waals surface area contributed by atoms with Gasteiger partial charge in [0.1, 0.15) is 11.4 Å². The number of hydrogen-bond donors (Lipinski definition) is 2. The van der Waals surface area contributed by atoms with E-state index in [4.69, 9.17) is 4.74 Å². The van der Waals surface area contributed by atoms with E-state index in [2.05, 4.69) is 5.32 Å². The Morgan fingerprint density at radius 3 is 2.95 bits per heavy atom. The van der Waals surface area contributed by atoms with Crippen LogP contribution in [0.1, 0.15) is 17.4 Å². The van der Waals surface area contributed by atoms with E-state index >= 15 is 0 Å². The highest BCUT2D eigenvalue weighted by molar-refractivity contribution is 7.10. The molecule has 0 saturated carbocycles. The first-order valence-corrected chi connectivity index (χ1v) is 7.73. The van der Waals surface area contributed by atoms with Crippen LogP contribution in [0.3, 0.4) is 0 Å². The lowest BCUT2D eigenvalue weighted by atomic mass is 10.0. The molecule has 2 N–H and O–H groups in total. The summed E-state index contributed by atoms with van der Waals surface area (Å²) in [5.41, 5.74) is -0.0161. The summed E-state index contributed by atoms with van der Waals surface area (Å²) >= 11 is 1.47. The Balaban J connectivity index is 1.59. The average Bonchev–Trinajstić information content (AvgIpc) is 3.13. The Morgan fingerprint density at radius 1 is 1.43 bits per heavy atom. The van der Waals surface area contributed by atoms with E-state index < -0.39 is 11.7 Å². The Morgan fingerprint density at radius 2 is 2.24 bits per heavy atom. The van der Waals surface area contributed by atoms with Gasteiger partial charge in [-0.25, -0.2) is 0 Å². The summed E-state index contributed by atoms with van der Waals surface area (Å²) in [6.45, 7) is 1.87. The fourth-order valence-corrected chi connectivity index (χ4v) is 3.16. The van der Waals surface area contributed by atoms with Crippen molar-refractivity contribution in [1.29, 1.82) is 0 Å². The number of carbonyl (C=O) groups is 1. The van der Waals surface area contributed by atoms with Crippen LogP contribution in [0.4, 0.5) is 0 Å². The zero-order valence-corrected chi connectivity index (χ0v) is 12.5. The molecular formula is C16H17NO3S. The van der Waals surface area contributed by atoms with Gasteiger partial charge < -0.3 is 15.2 Å². The predicted octanol–water partition coefficient (Wildman–Crippen LogP) is 2.08. The minimum atomic E-state index is -1.06. The van der Waals surface area contributed by atoms with Crippen LogP contribution in [0.15, 0.2) is 41.8 Å². The summed E-state index contributed by atoms with van der Waals surface area (Å²) in [5, 5.41) is 15.1. The van der Waals surface area contributed by atoms with Crippen LogP contribution in [0.25, 0.3) is 0 Å². The summed E-state index contributed by atoms with van der Waals surface area (Å²) in [5.74, 6) is 0.575. The molecule has 2 heterocycles. The van der Waals surface area contributed by atoms with Crippen molar-refractivity contribution in [2.45, 2.75) is 25.0 Å². The number of benzene rings is 1. The predicted molar refractivity (Wildman–Crippen MR) is 81.5 cm³/mol. The van der Waals surface area contributed by atoms with Crippen molar-refractivity contribution in [1.82, 2.24) is 5.32 Å². The van der Waals surface area contributed by atoms with Crippen LogP contribution >= 0.6 is 11.3 Å². The number of fused-ring (bicyclic) bond motifs is 1. The van der Waals surface area contributed by atoms with Crippen molar-refractivity contribution in [2.75, 3.05) is 6.54 Å². The molecule has 3 rings (SSSR count). The van der Waals surface area contributed by atoms with Crippen molar-refractivity contribution in [2.24, 2.45) is 0 Å². The van der Waals surface area contributed by atoms with E-state index in [1.807, 2.05) is 41.8 Å². The number of thiophene rings is 1. The van der Waals surface area contributed by atoms with Gasteiger partial charge in [0.05, 0.1) is 6.54 Å². The number of hydrogen-bond acceptors (Lipinski definition) is 4. The van der Waals surface area contributed by atoms with Crippen LogP contribution in [-0.4, -0.2) is 23.7 Å². The third-order valence-corrected chi connectivity index (χ3v) is 4.72. The van der Waals surface area contributed by atoms with Crippen LogP contribution < -0.4 is 10.1 Å². The lowest BCUT2D eigenvalue weighted by molar-refractivity contribution is -0.128. The standard InChI is InChI=1S/C16H17NO3S/c1-16(19,14-7-4-8-21-14)10-17-15(18)13-9-11-5-2-3-6-12(11)20-13/h2-8,13,19H,9-10H2,1H3,(H,17,18)/t13-,16-/m0/s1. The summed E-state index contributed by atoms with van der Waals surface area (Å²) < 4.78 is 5.63. The molecule has 0 saturated heterocycles. The van der Waals surface area contributed by atoms with Crippen molar-refractivity contribution < 1.29 is 14.6 Å². The van der Waals surface area contributed by atoms with Gasteiger partial charge in [0, 0.05) is 11.3 Å². The van der Waals surface area contributed by atoms with Crippen molar-refractivity contribution in [3.63, 3.8) is 0 Å². The van der Waals surface area contributed by atoms with E-state index in [-0.39, 0.29) is 12.5 Å². The van der Waals surface area contributed by atoms with Gasteiger partial charge in [-0.2, -0.15) is 0 Å². The Bertz CT molecular complexity index is 612. The molecule has 2 atom stereocenters. The molecule has 0 radical (unpaired) electrons. The number of nitrogens with one attached hydrogen (secondary N) is 1. The van der Waals surface area contributed by atoms with E-state index in [0.717, 1.165) is 16.2 Å². The molecule has 1 aliphatic heterocycles. The molecule has 0 spiro atoms. The molecule has 0 aliphatic carbocycles. The maximum absolute atomic E-state index is 12.2. The molecule has 5 heteroatoms. The SMILES string of the molecule is C[C@](O)(CNC(=O)[C@@H]1Cc2ccccc2O1)c1cccs1. The Hall–Kier alpha value is -1.85. The van der Waals surface area contributed by atoms with Crippen LogP contribution in [-0.2, 0) is 16.8 Å². The van der Waals surface area contributed by atoms with Gasteiger partial charge in [-0.1, -0.05) is 24.3 Å². The minimum absolute atomic E-state index is 0.169. The second-order valence-electron chi connectivity index (χ2n) is 5.39. The molecule has 1 aliphatic rings. The van der Waals surface area contributed by atoms with Gasteiger partial charge in [-0.3, -0.25) is 4.79 Å². The van der Waals surface area contributed by atoms with Crippen molar-refractivity contribution in [3.05, 3.63) is 52.2 Å². The van der Waals surface area contributed by atoms with E-state index in [9.17, 15) is 9.90 Å². The lowest BCUT2D eigenvalue weighted by Gasteiger charge is -2.23. The van der Waals surface area contributed by atoms with E-state index in [1.165, 1.54) is 11.3 Å². The number of ether oxygens (including phenoxy) is 1. The largest absolute Gasteiger partial charge is 0.480 e. The number of amides is 1. The summed E-state index contributed by atoms with van der Waals surface area (Å²) in [7, 11) is 0. The average molecular weight is 303 g/mol. The molecule has 110 valence electrons. The quantitative estimate of drug-likeness (QED) is 0.909. The molecule has 21 heavy (non-hydrogen) atoms. The van der Waals surface area contributed by atoms with Gasteiger partial charge >= 0.3 is 0 Å². The first-order chi connectivity index (χ1) is 10.1. The number of para-hydroxylation sites is 1. The third-order valence-electron chi connectivity index (χ3n) is 3.60. The topological polar surface area (TPSA) is 58.6 Å². The van der Waals surface area contributed by atoms with E-state index in [0.29, 0.717) is 6.42 Å². The molecule has 1 aromatic carbocycles. The summed E-state index contributed by atoms with van der Waals surface area (Å²) in [6.07, 6.45) is 0.0601. The Kier molecular flexibility index (Phi) is 3.69. The molecule has 1 amide bonds. The zero-order valence-electron chi connectivity index (χ0n) is 11.7. The zero-order chi connectivity index (χ0) is 14.9. The molecule has 0 unspecified atom stereocenters. The molecule has 1 aromatic heterocycles. The highest BCUT2D eigenvalue weighted by Crippen LogP contribution is 2.28. The molecule has 0 fully saturated rings. The number of rotatable bonds is 4. The maximum atomic E-state index is 12.2. The van der Waals surface area contributed by atoms with Gasteiger partial charge in [0.25, 0.3) is 5.91 Å². The second-order valence-corrected chi connectivity index (χ2v) is 6.33. The molecule has 4 nitrogen and oxygen atoms in total. The van der Waals surface area contributed by atoms with Gasteiger partial charge in [-0.05, 0) is 30.0 Å². The maximum Gasteiger partial charge on any atom is 0.261 e. The number of carbonyl (C=O) groups excluding carboxylic acids is 1. The normalized spacial score (nSPS) is 19.4. The first-order valence-electron chi connectivity index (χ1n) is 6.85. The van der Waals surface area contributed by atoms with Crippen molar-refractivity contribution in [3.8, 4) is 5.75 Å². The first kappa shape index (κ1) is 14.1.